The Labute approximate surface area is 104 Å². The summed E-state index contributed by atoms with van der Waals surface area (Å²) in [7, 11) is 0. The van der Waals surface area contributed by atoms with Gasteiger partial charge in [0.25, 0.3) is 0 Å². The van der Waals surface area contributed by atoms with Crippen molar-refractivity contribution >= 4 is 16.6 Å². The van der Waals surface area contributed by atoms with Crippen molar-refractivity contribution in [1.82, 2.24) is 20.2 Å². The lowest BCUT2D eigenvalue weighted by Gasteiger charge is -2.08. The molecular weight excluding hydrogens is 226 g/mol. The molecule has 2 heterocycles. The molecule has 0 aliphatic rings. The summed E-state index contributed by atoms with van der Waals surface area (Å²) in [6, 6.07) is 8.22. The molecule has 0 saturated carbocycles. The molecule has 3 rings (SSSR count). The minimum Gasteiger partial charge on any atom is -0.362 e. The van der Waals surface area contributed by atoms with Crippen LogP contribution in [0.3, 0.4) is 0 Å². The standard InChI is InChI=1S/C13H13N5/c1-9-6-14-13(11-5-3-2-4-10(9)11)15-7-12-16-8-17-18-12/h2-6,8H,7H2,1H3,(H,14,15)(H,16,17,18). The molecule has 2 N–H and O–H groups in total. The van der Waals surface area contributed by atoms with Gasteiger partial charge < -0.3 is 5.32 Å². The molecular formula is C13H13N5. The SMILES string of the molecule is Cc1cnc(NCc2nc[nH]n2)c2ccccc12. The summed E-state index contributed by atoms with van der Waals surface area (Å²) in [5.41, 5.74) is 1.18. The number of fused-ring (bicyclic) bond motifs is 1. The normalized spacial score (nSPS) is 10.7. The molecule has 3 aromatic rings. The van der Waals surface area contributed by atoms with Gasteiger partial charge in [0.05, 0.1) is 6.54 Å². The Bertz CT molecular complexity index is 660. The molecule has 0 bridgehead atoms. The first-order valence-electron chi connectivity index (χ1n) is 5.77. The zero-order valence-electron chi connectivity index (χ0n) is 10.0. The van der Waals surface area contributed by atoms with Crippen LogP contribution in [0, 0.1) is 6.92 Å². The molecule has 5 heteroatoms. The fourth-order valence-corrected chi connectivity index (χ4v) is 1.96. The van der Waals surface area contributed by atoms with E-state index in [0.29, 0.717) is 6.54 Å². The van der Waals surface area contributed by atoms with E-state index in [0.717, 1.165) is 17.0 Å². The van der Waals surface area contributed by atoms with Crippen molar-refractivity contribution in [2.75, 3.05) is 5.32 Å². The zero-order valence-corrected chi connectivity index (χ0v) is 10.0. The molecule has 2 aromatic heterocycles. The number of hydrogen-bond acceptors (Lipinski definition) is 4. The van der Waals surface area contributed by atoms with Crippen molar-refractivity contribution in [1.29, 1.82) is 0 Å². The maximum Gasteiger partial charge on any atom is 0.169 e. The minimum atomic E-state index is 0.559. The lowest BCUT2D eigenvalue weighted by molar-refractivity contribution is 0.949. The maximum atomic E-state index is 4.43. The first kappa shape index (κ1) is 10.7. The molecule has 0 spiro atoms. The van der Waals surface area contributed by atoms with Gasteiger partial charge in [0.1, 0.15) is 12.1 Å². The Morgan fingerprint density at radius 2 is 2.00 bits per heavy atom. The van der Waals surface area contributed by atoms with Crippen LogP contribution in [0.1, 0.15) is 11.4 Å². The second-order valence-corrected chi connectivity index (χ2v) is 4.10. The van der Waals surface area contributed by atoms with Gasteiger partial charge in [-0.05, 0) is 17.9 Å². The number of aromatic amines is 1. The highest BCUT2D eigenvalue weighted by molar-refractivity contribution is 5.93. The van der Waals surface area contributed by atoms with E-state index in [2.05, 4.69) is 44.5 Å². The predicted molar refractivity (Wildman–Crippen MR) is 70.2 cm³/mol. The van der Waals surface area contributed by atoms with Crippen molar-refractivity contribution < 1.29 is 0 Å². The van der Waals surface area contributed by atoms with Gasteiger partial charge >= 0.3 is 0 Å². The molecule has 1 aromatic carbocycles. The Morgan fingerprint density at radius 1 is 1.17 bits per heavy atom. The summed E-state index contributed by atoms with van der Waals surface area (Å²) < 4.78 is 0. The number of hydrogen-bond donors (Lipinski definition) is 2. The van der Waals surface area contributed by atoms with Crippen LogP contribution in [-0.4, -0.2) is 20.2 Å². The van der Waals surface area contributed by atoms with Gasteiger partial charge in [0, 0.05) is 11.6 Å². The highest BCUT2D eigenvalue weighted by Crippen LogP contribution is 2.23. The largest absolute Gasteiger partial charge is 0.362 e. The van der Waals surface area contributed by atoms with Crippen LogP contribution >= 0.6 is 0 Å². The lowest BCUT2D eigenvalue weighted by Crippen LogP contribution is -2.04. The van der Waals surface area contributed by atoms with Gasteiger partial charge in [-0.3, -0.25) is 5.10 Å². The Balaban J connectivity index is 1.94. The fourth-order valence-electron chi connectivity index (χ4n) is 1.96. The minimum absolute atomic E-state index is 0.559. The third-order valence-corrected chi connectivity index (χ3v) is 2.87. The van der Waals surface area contributed by atoms with E-state index in [4.69, 9.17) is 0 Å². The van der Waals surface area contributed by atoms with Crippen LogP contribution in [0.4, 0.5) is 5.82 Å². The molecule has 0 fully saturated rings. The van der Waals surface area contributed by atoms with E-state index in [9.17, 15) is 0 Å². The van der Waals surface area contributed by atoms with E-state index in [1.165, 1.54) is 10.9 Å². The monoisotopic (exact) mass is 239 g/mol. The van der Waals surface area contributed by atoms with Gasteiger partial charge in [0.15, 0.2) is 5.82 Å². The van der Waals surface area contributed by atoms with Crippen LogP contribution in [0.5, 0.6) is 0 Å². The number of nitrogens with zero attached hydrogens (tertiary/aromatic N) is 3. The number of nitrogens with one attached hydrogen (secondary N) is 2. The average molecular weight is 239 g/mol. The maximum absolute atomic E-state index is 4.43. The third kappa shape index (κ3) is 1.90. The van der Waals surface area contributed by atoms with Crippen LogP contribution in [0.15, 0.2) is 36.8 Å². The Morgan fingerprint density at radius 3 is 2.78 bits per heavy atom. The van der Waals surface area contributed by atoms with E-state index in [1.54, 1.807) is 6.33 Å². The van der Waals surface area contributed by atoms with Gasteiger partial charge in [-0.25, -0.2) is 9.97 Å². The summed E-state index contributed by atoms with van der Waals surface area (Å²) in [5.74, 6) is 1.59. The van der Waals surface area contributed by atoms with Crippen molar-refractivity contribution in [3.63, 3.8) is 0 Å². The summed E-state index contributed by atoms with van der Waals surface area (Å²) in [6.45, 7) is 2.62. The summed E-state index contributed by atoms with van der Waals surface area (Å²) in [4.78, 5) is 8.50. The quantitative estimate of drug-likeness (QED) is 0.735. The number of aryl methyl sites for hydroxylation is 1. The molecule has 0 unspecified atom stereocenters. The zero-order chi connectivity index (χ0) is 12.4. The number of H-pyrrole nitrogens is 1. The van der Waals surface area contributed by atoms with Crippen LogP contribution in [0.25, 0.3) is 10.8 Å². The number of aromatic nitrogens is 4. The molecule has 90 valence electrons. The molecule has 0 amide bonds. The first-order valence-corrected chi connectivity index (χ1v) is 5.77. The number of anilines is 1. The summed E-state index contributed by atoms with van der Waals surface area (Å²) in [6.07, 6.45) is 3.44. The molecule has 0 aliphatic heterocycles. The van der Waals surface area contributed by atoms with Crippen molar-refractivity contribution in [3.8, 4) is 0 Å². The molecule has 0 atom stereocenters. The smallest absolute Gasteiger partial charge is 0.169 e. The number of rotatable bonds is 3. The Kier molecular flexibility index (Phi) is 2.64. The van der Waals surface area contributed by atoms with Gasteiger partial charge in [-0.1, -0.05) is 24.3 Å². The summed E-state index contributed by atoms with van der Waals surface area (Å²) in [5, 5.41) is 12.3. The molecule has 0 saturated heterocycles. The number of benzene rings is 1. The second-order valence-electron chi connectivity index (χ2n) is 4.10. The lowest BCUT2D eigenvalue weighted by atomic mass is 10.1. The van der Waals surface area contributed by atoms with Crippen LogP contribution in [0.2, 0.25) is 0 Å². The highest BCUT2D eigenvalue weighted by atomic mass is 15.2. The second kappa shape index (κ2) is 4.44. The van der Waals surface area contributed by atoms with E-state index in [1.807, 2.05) is 18.3 Å². The van der Waals surface area contributed by atoms with Gasteiger partial charge in [-0.15, -0.1) is 0 Å². The topological polar surface area (TPSA) is 66.5 Å². The van der Waals surface area contributed by atoms with E-state index in [-0.39, 0.29) is 0 Å². The van der Waals surface area contributed by atoms with Gasteiger partial charge in [-0.2, -0.15) is 5.10 Å². The van der Waals surface area contributed by atoms with Crippen molar-refractivity contribution in [2.45, 2.75) is 13.5 Å². The first-order chi connectivity index (χ1) is 8.84. The Hall–Kier alpha value is -2.43. The van der Waals surface area contributed by atoms with Crippen molar-refractivity contribution in [3.05, 3.63) is 48.2 Å². The van der Waals surface area contributed by atoms with Crippen LogP contribution < -0.4 is 5.32 Å². The molecule has 5 nitrogen and oxygen atoms in total. The van der Waals surface area contributed by atoms with Gasteiger partial charge in [0.2, 0.25) is 0 Å². The van der Waals surface area contributed by atoms with E-state index < -0.39 is 0 Å². The highest BCUT2D eigenvalue weighted by Gasteiger charge is 2.05. The predicted octanol–water partition coefficient (Wildman–Crippen LogP) is 2.27. The average Bonchev–Trinajstić information content (AvgIpc) is 2.92. The van der Waals surface area contributed by atoms with Crippen LogP contribution in [-0.2, 0) is 6.54 Å². The van der Waals surface area contributed by atoms with Crippen molar-refractivity contribution in [2.24, 2.45) is 0 Å². The number of pyridine rings is 1. The third-order valence-electron chi connectivity index (χ3n) is 2.87. The summed E-state index contributed by atoms with van der Waals surface area (Å²) >= 11 is 0. The van der Waals surface area contributed by atoms with E-state index >= 15 is 0 Å². The molecule has 0 radical (unpaired) electrons. The fraction of sp³-hybridized carbons (Fsp3) is 0.154. The molecule has 18 heavy (non-hydrogen) atoms. The molecule has 0 aliphatic carbocycles.